The van der Waals surface area contributed by atoms with Crippen LogP contribution in [-0.2, 0) is 47.8 Å². The number of rotatable bonds is 10. The van der Waals surface area contributed by atoms with Gasteiger partial charge in [-0.15, -0.1) is 0 Å². The number of hydrogen-bond acceptors (Lipinski definition) is 14. The highest BCUT2D eigenvalue weighted by molar-refractivity contribution is 5.93. The number of methoxy groups -OCH3 is 2. The summed E-state index contributed by atoms with van der Waals surface area (Å²) in [5.41, 5.74) is 0.266. The van der Waals surface area contributed by atoms with E-state index in [9.17, 15) is 19.2 Å². The predicted molar refractivity (Wildman–Crippen MR) is 245 cm³/mol. The van der Waals surface area contributed by atoms with Crippen LogP contribution in [-0.4, -0.2) is 112 Å². The third kappa shape index (κ3) is 7.72. The van der Waals surface area contributed by atoms with Gasteiger partial charge in [0.2, 0.25) is 0 Å². The van der Waals surface area contributed by atoms with Crippen LogP contribution in [0.2, 0.25) is 0 Å². The van der Waals surface area contributed by atoms with Crippen LogP contribution in [0.25, 0.3) is 0 Å². The molecule has 2 aliphatic heterocycles. The van der Waals surface area contributed by atoms with Crippen LogP contribution in [0.4, 0.5) is 0 Å². The molecule has 2 N–H and O–H groups in total. The number of Topliss-reactive ketones (excluding diaryl/α,β-unsaturated/α-hetero) is 2. The van der Waals surface area contributed by atoms with Gasteiger partial charge in [-0.05, 0) is 125 Å². The lowest BCUT2D eigenvalue weighted by Gasteiger charge is -2.62. The Morgan fingerprint density at radius 3 is 1.39 bits per heavy atom. The number of nitrogens with one attached hydrogen (secondary N) is 2. The van der Waals surface area contributed by atoms with E-state index in [-0.39, 0.29) is 82.6 Å². The molecule has 0 aromatic heterocycles. The minimum atomic E-state index is -0.590. The zero-order valence-electron chi connectivity index (χ0n) is 40.4. The van der Waals surface area contributed by atoms with E-state index in [1.807, 2.05) is 0 Å². The summed E-state index contributed by atoms with van der Waals surface area (Å²) in [7, 11) is 3.61. The van der Waals surface area contributed by atoms with Gasteiger partial charge in [0, 0.05) is 99.6 Å². The van der Waals surface area contributed by atoms with Gasteiger partial charge in [-0.1, -0.05) is 38.0 Å². The molecule has 8 aliphatic carbocycles. The minimum Gasteiger partial charge on any atom is -0.458 e. The summed E-state index contributed by atoms with van der Waals surface area (Å²) in [6, 6.07) is 0. The average molecular weight is 917 g/mol. The van der Waals surface area contributed by atoms with Gasteiger partial charge in [-0.3, -0.25) is 9.59 Å². The van der Waals surface area contributed by atoms with Crippen molar-refractivity contribution in [3.8, 4) is 0 Å². The van der Waals surface area contributed by atoms with Gasteiger partial charge in [0.1, 0.15) is 36.0 Å². The first-order chi connectivity index (χ1) is 31.7. The van der Waals surface area contributed by atoms with Crippen molar-refractivity contribution < 1.29 is 47.8 Å². The monoisotopic (exact) mass is 917 g/mol. The third-order valence-electron chi connectivity index (χ3n) is 20.7. The van der Waals surface area contributed by atoms with Gasteiger partial charge in [-0.2, -0.15) is 0 Å². The summed E-state index contributed by atoms with van der Waals surface area (Å²) in [6.07, 6.45) is 13.5. The Kier molecular flexibility index (Phi) is 12.7. The summed E-state index contributed by atoms with van der Waals surface area (Å²) in [5.74, 6) is 0.963. The fourth-order valence-corrected chi connectivity index (χ4v) is 16.8. The molecule has 0 bridgehead atoms. The highest BCUT2D eigenvalue weighted by Gasteiger charge is 2.67. The number of esters is 2. The van der Waals surface area contributed by atoms with E-state index in [0.717, 1.165) is 115 Å². The number of ether oxygens (including phenoxy) is 4. The lowest BCUT2D eigenvalue weighted by atomic mass is 9.43. The topological polar surface area (TPSA) is 172 Å². The molecule has 8 saturated carbocycles. The molecule has 0 radical (unpaired) electrons. The SMILES string of the molecule is COC1CC2CC(=NO[C@@H]3CCNC3)CC(OC(=O)/C=C/C(=O)OC3CC(=NO[C@@H]4CCNC4)CC4CC(OC)[C@@H]5[C@@H](CC[C@]6(C)C(=O)CC[C@@H]56)[C@]43C)[C@]2(C)[C@@H]2CC[C@]3(C)C(=O)CC[C@H]3[C@H]12. The standard InChI is InChI=1S/C52H76N4O10/c1-49-17-13-37-47(35(49)7-9-41(49)57)39(61-5)23-29-21-31(55-65-33-15-19-53-27-33)25-43(51(29,37)3)63-45(59)11-12-46(60)64-44-26-32(56-66-34-16-20-54-28-34)22-30-24-40(62-6)48-36-8-10-42(58)50(36,2)18-14-38(48)52(30,44)4/h11-12,29-30,33-40,43-44,47-48,53-54H,7-10,13-28H2,1-6H3/b12-11+,55-31?,56-32?/t29?,30?,33-,34-,35+,36+,37-,38-,39?,40?,43?,44?,47+,48+,49+,50+,51+,52+/m1/s1. The Bertz CT molecular complexity index is 1860. The number of nitrogens with zero attached hydrogens (tertiary/aromatic N) is 2. The first kappa shape index (κ1) is 46.5. The number of carbonyl (C=O) groups excluding carboxylic acids is 4. The first-order valence-electron chi connectivity index (χ1n) is 25.8. The molecule has 0 aromatic rings. The van der Waals surface area contributed by atoms with Gasteiger partial charge in [0.15, 0.2) is 0 Å². The number of hydrogen-bond donors (Lipinski definition) is 2. The second-order valence-electron chi connectivity index (χ2n) is 23.3. The van der Waals surface area contributed by atoms with Crippen molar-refractivity contribution >= 4 is 34.9 Å². The molecule has 2 heterocycles. The number of ketones is 2. The van der Waals surface area contributed by atoms with Gasteiger partial charge < -0.3 is 39.3 Å². The normalized spacial score (nSPS) is 48.6. The molecule has 0 amide bonds. The summed E-state index contributed by atoms with van der Waals surface area (Å²) in [4.78, 5) is 67.2. The van der Waals surface area contributed by atoms with E-state index in [1.165, 1.54) is 12.2 Å². The van der Waals surface area contributed by atoms with Crippen molar-refractivity contribution in [3.63, 3.8) is 0 Å². The molecule has 14 nitrogen and oxygen atoms in total. The Labute approximate surface area is 391 Å². The van der Waals surface area contributed by atoms with Crippen LogP contribution in [0, 0.1) is 69.0 Å². The van der Waals surface area contributed by atoms with Gasteiger partial charge >= 0.3 is 11.9 Å². The zero-order chi connectivity index (χ0) is 46.2. The molecular weight excluding hydrogens is 841 g/mol. The molecular formula is C52H76N4O10. The maximum atomic E-state index is 14.2. The summed E-state index contributed by atoms with van der Waals surface area (Å²) in [6.45, 7) is 12.2. The van der Waals surface area contributed by atoms with Gasteiger partial charge in [-0.25, -0.2) is 9.59 Å². The maximum Gasteiger partial charge on any atom is 0.331 e. The lowest BCUT2D eigenvalue weighted by Crippen LogP contribution is -2.63. The Hall–Kier alpha value is -3.20. The van der Waals surface area contributed by atoms with Gasteiger partial charge in [0.05, 0.1) is 23.6 Å². The van der Waals surface area contributed by atoms with Crippen LogP contribution >= 0.6 is 0 Å². The van der Waals surface area contributed by atoms with Crippen molar-refractivity contribution in [2.45, 2.75) is 167 Å². The minimum absolute atomic E-state index is 0.00597. The Morgan fingerprint density at radius 2 is 1.02 bits per heavy atom. The molecule has 10 rings (SSSR count). The van der Waals surface area contributed by atoms with Crippen LogP contribution in [0.1, 0.15) is 130 Å². The molecule has 18 atom stereocenters. The molecule has 10 aliphatic rings. The largest absolute Gasteiger partial charge is 0.458 e. The Morgan fingerprint density at radius 1 is 0.591 bits per heavy atom. The fraction of sp³-hybridized carbons (Fsp3) is 0.846. The fourth-order valence-electron chi connectivity index (χ4n) is 16.8. The number of carbonyl (C=O) groups is 4. The van der Waals surface area contributed by atoms with Crippen molar-refractivity contribution in [3.05, 3.63) is 12.2 Å². The first-order valence-corrected chi connectivity index (χ1v) is 25.8. The quantitative estimate of drug-likeness (QED) is 0.138. The van der Waals surface area contributed by atoms with E-state index < -0.39 is 35.0 Å². The molecule has 0 spiro atoms. The molecule has 364 valence electrons. The lowest BCUT2D eigenvalue weighted by molar-refractivity contribution is -0.203. The highest BCUT2D eigenvalue weighted by atomic mass is 16.6. The van der Waals surface area contributed by atoms with E-state index in [0.29, 0.717) is 37.2 Å². The van der Waals surface area contributed by atoms with Gasteiger partial charge in [0.25, 0.3) is 0 Å². The molecule has 14 heteroatoms. The maximum absolute atomic E-state index is 14.2. The summed E-state index contributed by atoms with van der Waals surface area (Å²) in [5, 5.41) is 16.1. The predicted octanol–water partition coefficient (Wildman–Crippen LogP) is 6.53. The molecule has 2 saturated heterocycles. The van der Waals surface area contributed by atoms with Crippen molar-refractivity contribution in [1.29, 1.82) is 0 Å². The van der Waals surface area contributed by atoms with E-state index >= 15 is 0 Å². The summed E-state index contributed by atoms with van der Waals surface area (Å²) >= 11 is 0. The number of fused-ring (bicyclic) bond motifs is 10. The second kappa shape index (κ2) is 18.0. The van der Waals surface area contributed by atoms with Crippen molar-refractivity contribution in [1.82, 2.24) is 10.6 Å². The Balaban J connectivity index is 0.899. The van der Waals surface area contributed by atoms with Crippen molar-refractivity contribution in [2.24, 2.45) is 79.3 Å². The molecule has 6 unspecified atom stereocenters. The molecule has 10 fully saturated rings. The van der Waals surface area contributed by atoms with Crippen molar-refractivity contribution in [2.75, 3.05) is 40.4 Å². The van der Waals surface area contributed by atoms with Crippen LogP contribution < -0.4 is 10.6 Å². The number of oxime groups is 2. The van der Waals surface area contributed by atoms with Crippen LogP contribution in [0.5, 0.6) is 0 Å². The summed E-state index contributed by atoms with van der Waals surface area (Å²) < 4.78 is 25.8. The highest BCUT2D eigenvalue weighted by Crippen LogP contribution is 2.68. The van der Waals surface area contributed by atoms with E-state index in [1.54, 1.807) is 14.2 Å². The average Bonchev–Trinajstić information content (AvgIpc) is 4.13. The van der Waals surface area contributed by atoms with Crippen LogP contribution in [0.3, 0.4) is 0 Å². The van der Waals surface area contributed by atoms with E-state index in [2.05, 4.69) is 38.3 Å². The zero-order valence-corrected chi connectivity index (χ0v) is 40.4. The van der Waals surface area contributed by atoms with Crippen LogP contribution in [0.15, 0.2) is 22.5 Å². The van der Waals surface area contributed by atoms with E-state index in [4.69, 9.17) is 38.9 Å². The third-order valence-corrected chi connectivity index (χ3v) is 20.7. The molecule has 0 aromatic carbocycles. The second-order valence-corrected chi connectivity index (χ2v) is 23.3. The molecule has 66 heavy (non-hydrogen) atoms. The smallest absolute Gasteiger partial charge is 0.331 e.